The van der Waals surface area contributed by atoms with Crippen LogP contribution in [0.25, 0.3) is 0 Å². The Morgan fingerprint density at radius 3 is 3.00 bits per heavy atom. The Balaban J connectivity index is 2.10. The SMILES string of the molecule is O=C1CCCC[C@@H]1[C@@H](O)c1ccco1. The highest BCUT2D eigenvalue weighted by atomic mass is 16.4. The zero-order valence-electron chi connectivity index (χ0n) is 7.98. The molecule has 0 aliphatic heterocycles. The third-order valence-corrected chi connectivity index (χ3v) is 2.82. The Morgan fingerprint density at radius 2 is 2.36 bits per heavy atom. The molecule has 1 aliphatic rings. The minimum atomic E-state index is -0.752. The molecular formula is C11H14O3. The van der Waals surface area contributed by atoms with E-state index in [1.807, 2.05) is 0 Å². The summed E-state index contributed by atoms with van der Waals surface area (Å²) in [7, 11) is 0. The molecule has 1 saturated carbocycles. The van der Waals surface area contributed by atoms with Crippen molar-refractivity contribution in [1.82, 2.24) is 0 Å². The average molecular weight is 194 g/mol. The molecule has 0 bridgehead atoms. The second-order valence-corrected chi connectivity index (χ2v) is 3.78. The van der Waals surface area contributed by atoms with E-state index in [4.69, 9.17) is 4.42 Å². The van der Waals surface area contributed by atoms with Gasteiger partial charge in [-0.05, 0) is 25.0 Å². The number of Topliss-reactive ketones (excluding diaryl/α,β-unsaturated/α-hetero) is 1. The summed E-state index contributed by atoms with van der Waals surface area (Å²) in [6.07, 6.45) is 4.13. The lowest BCUT2D eigenvalue weighted by atomic mass is 9.83. The summed E-state index contributed by atoms with van der Waals surface area (Å²) in [6.45, 7) is 0. The molecule has 2 atom stereocenters. The molecule has 1 aliphatic carbocycles. The van der Waals surface area contributed by atoms with Crippen LogP contribution in [0.15, 0.2) is 22.8 Å². The lowest BCUT2D eigenvalue weighted by Crippen LogP contribution is -2.25. The largest absolute Gasteiger partial charge is 0.467 e. The number of aliphatic hydroxyl groups excluding tert-OH is 1. The maximum Gasteiger partial charge on any atom is 0.139 e. The van der Waals surface area contributed by atoms with Gasteiger partial charge in [0.2, 0.25) is 0 Å². The lowest BCUT2D eigenvalue weighted by Gasteiger charge is -2.23. The fourth-order valence-electron chi connectivity index (χ4n) is 2.00. The molecule has 2 rings (SSSR count). The van der Waals surface area contributed by atoms with Crippen molar-refractivity contribution in [3.05, 3.63) is 24.2 Å². The normalized spacial score (nSPS) is 24.9. The molecule has 0 spiro atoms. The minimum Gasteiger partial charge on any atom is -0.467 e. The van der Waals surface area contributed by atoms with Crippen LogP contribution in [0.2, 0.25) is 0 Å². The maximum atomic E-state index is 11.5. The first-order valence-corrected chi connectivity index (χ1v) is 5.03. The van der Waals surface area contributed by atoms with E-state index in [0.717, 1.165) is 19.3 Å². The number of ketones is 1. The van der Waals surface area contributed by atoms with Gasteiger partial charge < -0.3 is 9.52 Å². The van der Waals surface area contributed by atoms with Crippen LogP contribution < -0.4 is 0 Å². The molecule has 0 aromatic carbocycles. The first-order valence-electron chi connectivity index (χ1n) is 5.03. The van der Waals surface area contributed by atoms with E-state index in [-0.39, 0.29) is 11.7 Å². The number of furan rings is 1. The summed E-state index contributed by atoms with van der Waals surface area (Å²) in [5.74, 6) is 0.417. The molecule has 1 aromatic heterocycles. The van der Waals surface area contributed by atoms with Gasteiger partial charge in [-0.25, -0.2) is 0 Å². The summed E-state index contributed by atoms with van der Waals surface area (Å²) < 4.78 is 5.09. The first-order chi connectivity index (χ1) is 6.79. The number of hydrogen-bond donors (Lipinski definition) is 1. The van der Waals surface area contributed by atoms with Crippen LogP contribution in [0.3, 0.4) is 0 Å². The zero-order chi connectivity index (χ0) is 9.97. The van der Waals surface area contributed by atoms with Gasteiger partial charge in [-0.3, -0.25) is 4.79 Å². The fraction of sp³-hybridized carbons (Fsp3) is 0.545. The Morgan fingerprint density at radius 1 is 1.50 bits per heavy atom. The molecule has 0 amide bonds. The van der Waals surface area contributed by atoms with E-state index >= 15 is 0 Å². The molecule has 0 radical (unpaired) electrons. The van der Waals surface area contributed by atoms with Crippen LogP contribution in [-0.4, -0.2) is 10.9 Å². The van der Waals surface area contributed by atoms with E-state index in [9.17, 15) is 9.90 Å². The highest BCUT2D eigenvalue weighted by Crippen LogP contribution is 2.32. The molecule has 1 aromatic rings. The average Bonchev–Trinajstić information content (AvgIpc) is 2.70. The zero-order valence-corrected chi connectivity index (χ0v) is 7.98. The first kappa shape index (κ1) is 9.46. The van der Waals surface area contributed by atoms with Crippen molar-refractivity contribution in [2.24, 2.45) is 5.92 Å². The van der Waals surface area contributed by atoms with E-state index in [2.05, 4.69) is 0 Å². The summed E-state index contributed by atoms with van der Waals surface area (Å²) in [6, 6.07) is 3.44. The second-order valence-electron chi connectivity index (χ2n) is 3.78. The second kappa shape index (κ2) is 3.96. The summed E-state index contributed by atoms with van der Waals surface area (Å²) in [5, 5.41) is 9.89. The van der Waals surface area contributed by atoms with E-state index in [1.54, 1.807) is 12.1 Å². The number of rotatable bonds is 2. The smallest absolute Gasteiger partial charge is 0.139 e. The topological polar surface area (TPSA) is 50.4 Å². The molecule has 0 saturated heterocycles. The Hall–Kier alpha value is -1.09. The molecule has 3 heteroatoms. The summed E-state index contributed by atoms with van der Waals surface area (Å²) >= 11 is 0. The molecule has 3 nitrogen and oxygen atoms in total. The van der Waals surface area contributed by atoms with Gasteiger partial charge in [0.05, 0.1) is 12.2 Å². The van der Waals surface area contributed by atoms with Crippen LogP contribution in [0.4, 0.5) is 0 Å². The lowest BCUT2D eigenvalue weighted by molar-refractivity contribution is -0.129. The van der Waals surface area contributed by atoms with E-state index in [1.165, 1.54) is 6.26 Å². The predicted molar refractivity (Wildman–Crippen MR) is 50.6 cm³/mol. The van der Waals surface area contributed by atoms with Crippen LogP contribution in [-0.2, 0) is 4.79 Å². The summed E-state index contributed by atoms with van der Waals surface area (Å²) in [5.41, 5.74) is 0. The number of carbonyl (C=O) groups is 1. The van der Waals surface area contributed by atoms with Gasteiger partial charge in [-0.1, -0.05) is 6.42 Å². The van der Waals surface area contributed by atoms with Gasteiger partial charge in [0.1, 0.15) is 17.6 Å². The van der Waals surface area contributed by atoms with Crippen molar-refractivity contribution in [3.8, 4) is 0 Å². The molecule has 76 valence electrons. The Labute approximate surface area is 82.7 Å². The quantitative estimate of drug-likeness (QED) is 0.784. The maximum absolute atomic E-state index is 11.5. The van der Waals surface area contributed by atoms with Crippen LogP contribution >= 0.6 is 0 Å². The predicted octanol–water partition coefficient (Wildman–Crippen LogP) is 2.07. The Kier molecular flexibility index (Phi) is 2.68. The number of carbonyl (C=O) groups excluding carboxylic acids is 1. The third-order valence-electron chi connectivity index (χ3n) is 2.82. The number of hydrogen-bond acceptors (Lipinski definition) is 3. The fourth-order valence-corrected chi connectivity index (χ4v) is 2.00. The Bertz CT molecular complexity index is 302. The minimum absolute atomic E-state index is 0.167. The standard InChI is InChI=1S/C11H14O3/c12-9-5-2-1-4-8(9)11(13)10-6-3-7-14-10/h3,6-8,11,13H,1-2,4-5H2/t8-,11+/m0/s1. The number of aliphatic hydroxyl groups is 1. The van der Waals surface area contributed by atoms with Crippen molar-refractivity contribution < 1.29 is 14.3 Å². The monoisotopic (exact) mass is 194 g/mol. The molecular weight excluding hydrogens is 180 g/mol. The van der Waals surface area contributed by atoms with Gasteiger partial charge >= 0.3 is 0 Å². The van der Waals surface area contributed by atoms with Crippen molar-refractivity contribution in [2.75, 3.05) is 0 Å². The molecule has 14 heavy (non-hydrogen) atoms. The van der Waals surface area contributed by atoms with Gasteiger partial charge in [-0.15, -0.1) is 0 Å². The van der Waals surface area contributed by atoms with Gasteiger partial charge in [0.15, 0.2) is 0 Å². The molecule has 1 heterocycles. The van der Waals surface area contributed by atoms with E-state index in [0.29, 0.717) is 12.2 Å². The van der Waals surface area contributed by atoms with Crippen LogP contribution in [0, 0.1) is 5.92 Å². The molecule has 1 fully saturated rings. The van der Waals surface area contributed by atoms with Crippen molar-refractivity contribution >= 4 is 5.78 Å². The van der Waals surface area contributed by atoms with Crippen molar-refractivity contribution in [2.45, 2.75) is 31.8 Å². The van der Waals surface area contributed by atoms with Crippen LogP contribution in [0.1, 0.15) is 37.5 Å². The molecule has 1 N–H and O–H groups in total. The third kappa shape index (κ3) is 1.73. The van der Waals surface area contributed by atoms with Crippen molar-refractivity contribution in [1.29, 1.82) is 0 Å². The summed E-state index contributed by atoms with van der Waals surface area (Å²) in [4.78, 5) is 11.5. The van der Waals surface area contributed by atoms with Crippen molar-refractivity contribution in [3.63, 3.8) is 0 Å². The molecule has 0 unspecified atom stereocenters. The van der Waals surface area contributed by atoms with Gasteiger partial charge in [-0.2, -0.15) is 0 Å². The van der Waals surface area contributed by atoms with Crippen LogP contribution in [0.5, 0.6) is 0 Å². The van der Waals surface area contributed by atoms with Gasteiger partial charge in [0, 0.05) is 6.42 Å². The van der Waals surface area contributed by atoms with E-state index < -0.39 is 6.10 Å². The highest BCUT2D eigenvalue weighted by Gasteiger charge is 2.31. The highest BCUT2D eigenvalue weighted by molar-refractivity contribution is 5.82. The van der Waals surface area contributed by atoms with Gasteiger partial charge in [0.25, 0.3) is 0 Å².